The lowest BCUT2D eigenvalue weighted by Gasteiger charge is -2.34. The maximum absolute atomic E-state index is 14.0. The highest BCUT2D eigenvalue weighted by atomic mass is 79.9. The number of hydrogen-bond acceptors (Lipinski definition) is 5. The second kappa shape index (κ2) is 10.9. The number of hydrogen-bond donors (Lipinski definition) is 1. The first-order valence-corrected chi connectivity index (χ1v) is 12.7. The maximum atomic E-state index is 14.0. The fourth-order valence-electron chi connectivity index (χ4n) is 3.99. The molecule has 0 spiro atoms. The van der Waals surface area contributed by atoms with Crippen molar-refractivity contribution < 1.29 is 14.3 Å². The molecule has 8 nitrogen and oxygen atoms in total. The van der Waals surface area contributed by atoms with Crippen molar-refractivity contribution in [2.24, 2.45) is 5.92 Å². The summed E-state index contributed by atoms with van der Waals surface area (Å²) < 4.78 is 13.1. The molecule has 194 valence electrons. The Labute approximate surface area is 220 Å². The summed E-state index contributed by atoms with van der Waals surface area (Å²) in [6.07, 6.45) is 0. The molecule has 0 aliphatic rings. The van der Waals surface area contributed by atoms with Gasteiger partial charge in [0.25, 0.3) is 5.56 Å². The minimum absolute atomic E-state index is 0.197. The van der Waals surface area contributed by atoms with E-state index in [0.717, 1.165) is 0 Å². The van der Waals surface area contributed by atoms with E-state index in [0.29, 0.717) is 44.9 Å². The van der Waals surface area contributed by atoms with Gasteiger partial charge in [-0.25, -0.2) is 9.78 Å². The van der Waals surface area contributed by atoms with Crippen molar-refractivity contribution >= 4 is 32.9 Å². The third-order valence-electron chi connectivity index (χ3n) is 5.64. The molecule has 0 saturated heterocycles. The van der Waals surface area contributed by atoms with Crippen LogP contribution in [-0.2, 0) is 0 Å². The summed E-state index contributed by atoms with van der Waals surface area (Å²) in [6.45, 7) is 12.3. The predicted molar refractivity (Wildman–Crippen MR) is 146 cm³/mol. The van der Waals surface area contributed by atoms with E-state index in [2.05, 4.69) is 35.1 Å². The van der Waals surface area contributed by atoms with Crippen molar-refractivity contribution in [3.05, 3.63) is 57.0 Å². The molecule has 1 atom stereocenters. The summed E-state index contributed by atoms with van der Waals surface area (Å²) in [6, 6.07) is 9.94. The molecule has 1 heterocycles. The number of nitrogens with zero attached hydrogens (tertiary/aromatic N) is 3. The van der Waals surface area contributed by atoms with Gasteiger partial charge in [-0.05, 0) is 61.7 Å². The van der Waals surface area contributed by atoms with Gasteiger partial charge in [-0.15, -0.1) is 0 Å². The maximum Gasteiger partial charge on any atom is 0.318 e. The van der Waals surface area contributed by atoms with Gasteiger partial charge in [0.2, 0.25) is 0 Å². The van der Waals surface area contributed by atoms with E-state index >= 15 is 0 Å². The molecule has 0 aliphatic carbocycles. The SMILES string of the molecule is COc1cc(OC)c(Br)c(-n2c(C(C)N(CC(C)C)C(=O)NC(C)(C)C)nc3ccccc3c2=O)c1. The molecule has 2 amide bonds. The number of rotatable bonds is 7. The van der Waals surface area contributed by atoms with E-state index in [4.69, 9.17) is 14.5 Å². The quantitative estimate of drug-likeness (QED) is 0.402. The minimum atomic E-state index is -0.531. The van der Waals surface area contributed by atoms with Crippen molar-refractivity contribution in [2.45, 2.75) is 53.1 Å². The van der Waals surface area contributed by atoms with E-state index in [-0.39, 0.29) is 17.5 Å². The number of urea groups is 1. The van der Waals surface area contributed by atoms with Crippen LogP contribution in [0.1, 0.15) is 53.4 Å². The molecule has 3 rings (SSSR count). The minimum Gasteiger partial charge on any atom is -0.497 e. The molecule has 1 N–H and O–H groups in total. The van der Waals surface area contributed by atoms with Crippen LogP contribution in [0.2, 0.25) is 0 Å². The number of fused-ring (bicyclic) bond motifs is 1. The number of benzene rings is 2. The van der Waals surface area contributed by atoms with Gasteiger partial charge in [-0.2, -0.15) is 0 Å². The number of carbonyl (C=O) groups is 1. The average Bonchev–Trinajstić information content (AvgIpc) is 2.81. The zero-order chi connectivity index (χ0) is 26.8. The number of para-hydroxylation sites is 1. The third kappa shape index (κ3) is 5.83. The Kier molecular flexibility index (Phi) is 8.33. The van der Waals surface area contributed by atoms with Crippen LogP contribution in [0.15, 0.2) is 45.7 Å². The van der Waals surface area contributed by atoms with Gasteiger partial charge in [0.15, 0.2) is 0 Å². The smallest absolute Gasteiger partial charge is 0.318 e. The van der Waals surface area contributed by atoms with Crippen LogP contribution in [-0.4, -0.2) is 46.8 Å². The second-order valence-corrected chi connectivity index (χ2v) is 11.0. The van der Waals surface area contributed by atoms with E-state index in [1.54, 1.807) is 48.0 Å². The first-order chi connectivity index (χ1) is 16.9. The number of carbonyl (C=O) groups excluding carboxylic acids is 1. The van der Waals surface area contributed by atoms with E-state index in [1.807, 2.05) is 39.8 Å². The standard InChI is InChI=1S/C27H35BrN4O4/c1-16(2)15-31(26(34)30-27(4,5)6)17(3)24-29-20-12-10-9-11-19(20)25(33)32(24)21-13-18(35-7)14-22(36-8)23(21)28/h9-14,16-17H,15H2,1-8H3,(H,30,34). The summed E-state index contributed by atoms with van der Waals surface area (Å²) in [5.41, 5.74) is 0.398. The van der Waals surface area contributed by atoms with Crippen LogP contribution in [0.5, 0.6) is 11.5 Å². The topological polar surface area (TPSA) is 85.7 Å². The third-order valence-corrected chi connectivity index (χ3v) is 6.43. The average molecular weight is 560 g/mol. The van der Waals surface area contributed by atoms with Crippen LogP contribution in [0.4, 0.5) is 4.79 Å². The highest BCUT2D eigenvalue weighted by Crippen LogP contribution is 2.37. The predicted octanol–water partition coefficient (Wildman–Crippen LogP) is 5.69. The Morgan fingerprint density at radius 1 is 1.14 bits per heavy atom. The zero-order valence-corrected chi connectivity index (χ0v) is 23.8. The van der Waals surface area contributed by atoms with E-state index in [9.17, 15) is 9.59 Å². The van der Waals surface area contributed by atoms with E-state index in [1.165, 1.54) is 0 Å². The summed E-state index contributed by atoms with van der Waals surface area (Å²) in [7, 11) is 3.11. The summed E-state index contributed by atoms with van der Waals surface area (Å²) >= 11 is 3.61. The molecule has 3 aromatic rings. The van der Waals surface area contributed by atoms with Crippen LogP contribution >= 0.6 is 15.9 Å². The van der Waals surface area contributed by atoms with E-state index < -0.39 is 11.6 Å². The molecular weight excluding hydrogens is 524 g/mol. The zero-order valence-electron chi connectivity index (χ0n) is 22.2. The lowest BCUT2D eigenvalue weighted by Crippen LogP contribution is -2.50. The molecule has 36 heavy (non-hydrogen) atoms. The molecule has 9 heteroatoms. The number of halogens is 1. The Hall–Kier alpha value is -3.07. The first-order valence-electron chi connectivity index (χ1n) is 11.9. The lowest BCUT2D eigenvalue weighted by molar-refractivity contribution is 0.158. The van der Waals surface area contributed by atoms with Gasteiger partial charge in [-0.3, -0.25) is 9.36 Å². The number of nitrogens with one attached hydrogen (secondary N) is 1. The molecular formula is C27H35BrN4O4. The fourth-order valence-corrected chi connectivity index (χ4v) is 4.56. The second-order valence-electron chi connectivity index (χ2n) is 10.2. The van der Waals surface area contributed by atoms with Gasteiger partial charge < -0.3 is 19.7 Å². The first kappa shape index (κ1) is 27.5. The lowest BCUT2D eigenvalue weighted by atomic mass is 10.1. The molecule has 1 aromatic heterocycles. The molecule has 0 saturated carbocycles. The fraction of sp³-hybridized carbons (Fsp3) is 0.444. The van der Waals surface area contributed by atoms with Crippen molar-refractivity contribution in [1.82, 2.24) is 19.8 Å². The van der Waals surface area contributed by atoms with Crippen molar-refractivity contribution in [1.29, 1.82) is 0 Å². The van der Waals surface area contributed by atoms with Crippen molar-refractivity contribution in [3.8, 4) is 17.2 Å². The molecule has 0 aliphatic heterocycles. The Morgan fingerprint density at radius 2 is 1.81 bits per heavy atom. The van der Waals surface area contributed by atoms with Gasteiger partial charge in [0.05, 0.1) is 41.3 Å². The molecule has 0 bridgehead atoms. The highest BCUT2D eigenvalue weighted by Gasteiger charge is 2.30. The van der Waals surface area contributed by atoms with Gasteiger partial charge in [0.1, 0.15) is 17.3 Å². The number of methoxy groups -OCH3 is 2. The summed E-state index contributed by atoms with van der Waals surface area (Å²) in [5, 5.41) is 3.53. The molecule has 0 radical (unpaired) electrons. The van der Waals surface area contributed by atoms with Crippen LogP contribution in [0.3, 0.4) is 0 Å². The van der Waals surface area contributed by atoms with Crippen LogP contribution in [0.25, 0.3) is 16.6 Å². The number of ether oxygens (including phenoxy) is 2. The van der Waals surface area contributed by atoms with Gasteiger partial charge in [0, 0.05) is 24.2 Å². The summed E-state index contributed by atoms with van der Waals surface area (Å²) in [4.78, 5) is 34.0. The normalized spacial score (nSPS) is 12.5. The Morgan fingerprint density at radius 3 is 2.39 bits per heavy atom. The molecule has 0 fully saturated rings. The largest absolute Gasteiger partial charge is 0.497 e. The Bertz CT molecular complexity index is 1310. The van der Waals surface area contributed by atoms with Gasteiger partial charge in [-0.1, -0.05) is 26.0 Å². The van der Waals surface area contributed by atoms with Gasteiger partial charge >= 0.3 is 6.03 Å². The summed E-state index contributed by atoms with van der Waals surface area (Å²) in [5.74, 6) is 1.66. The molecule has 1 unspecified atom stereocenters. The van der Waals surface area contributed by atoms with Crippen molar-refractivity contribution in [2.75, 3.05) is 20.8 Å². The molecule has 2 aromatic carbocycles. The highest BCUT2D eigenvalue weighted by molar-refractivity contribution is 9.10. The van der Waals surface area contributed by atoms with Crippen LogP contribution in [0, 0.1) is 5.92 Å². The number of amides is 2. The van der Waals surface area contributed by atoms with Crippen molar-refractivity contribution in [3.63, 3.8) is 0 Å². The van der Waals surface area contributed by atoms with Crippen LogP contribution < -0.4 is 20.3 Å². The monoisotopic (exact) mass is 558 g/mol. The number of aromatic nitrogens is 2. The Balaban J connectivity index is 2.34.